The fourth-order valence-electron chi connectivity index (χ4n) is 4.70. The van der Waals surface area contributed by atoms with E-state index in [1.807, 2.05) is 87.1 Å². The van der Waals surface area contributed by atoms with Crippen LogP contribution in [-0.2, 0) is 16.6 Å². The smallest absolute Gasteiger partial charge is 0.408 e. The number of amides is 2. The Hall–Kier alpha value is -4.66. The highest BCUT2D eigenvalue weighted by atomic mass is 16.6. The molecule has 0 saturated carbocycles. The minimum atomic E-state index is -0.934. The Labute approximate surface area is 246 Å². The molecule has 0 bridgehead atoms. The van der Waals surface area contributed by atoms with Gasteiger partial charge in [-0.25, -0.2) is 9.78 Å². The third-order valence-corrected chi connectivity index (χ3v) is 6.96. The number of imidazole rings is 1. The SMILES string of the molecule is CC(c1cccc(-c2ccc(=O)n(C(C)C)c2)c1)[C@H](NC(=O)OC(C)(C)C)C(=O)Nc1ccc(-c2cncn2C)cc1. The molecule has 0 fully saturated rings. The van der Waals surface area contributed by atoms with Crippen molar-refractivity contribution in [3.8, 4) is 22.4 Å². The summed E-state index contributed by atoms with van der Waals surface area (Å²) in [6.07, 6.45) is 4.67. The van der Waals surface area contributed by atoms with Crippen molar-refractivity contribution < 1.29 is 14.3 Å². The molecule has 4 aromatic rings. The van der Waals surface area contributed by atoms with Gasteiger partial charge < -0.3 is 24.5 Å². The summed E-state index contributed by atoms with van der Waals surface area (Å²) < 4.78 is 9.10. The van der Waals surface area contributed by atoms with Gasteiger partial charge in [-0.15, -0.1) is 0 Å². The van der Waals surface area contributed by atoms with Gasteiger partial charge in [0.25, 0.3) is 5.56 Å². The Morgan fingerprint density at radius 1 is 0.929 bits per heavy atom. The first-order valence-corrected chi connectivity index (χ1v) is 14.0. The second-order valence-corrected chi connectivity index (χ2v) is 11.8. The molecule has 1 unspecified atom stereocenters. The maximum Gasteiger partial charge on any atom is 0.408 e. The molecule has 9 heteroatoms. The van der Waals surface area contributed by atoms with Crippen molar-refractivity contribution in [2.75, 3.05) is 5.32 Å². The number of hydrogen-bond donors (Lipinski definition) is 2. The summed E-state index contributed by atoms with van der Waals surface area (Å²) in [5.41, 5.74) is 4.35. The topological polar surface area (TPSA) is 107 Å². The Balaban J connectivity index is 1.61. The molecule has 0 aliphatic heterocycles. The summed E-state index contributed by atoms with van der Waals surface area (Å²) in [5.74, 6) is -0.789. The Morgan fingerprint density at radius 2 is 1.62 bits per heavy atom. The third kappa shape index (κ3) is 7.34. The molecule has 2 N–H and O–H groups in total. The summed E-state index contributed by atoms with van der Waals surface area (Å²) in [6.45, 7) is 11.1. The lowest BCUT2D eigenvalue weighted by atomic mass is 9.90. The predicted octanol–water partition coefficient (Wildman–Crippen LogP) is 6.13. The van der Waals surface area contributed by atoms with Gasteiger partial charge in [-0.05, 0) is 75.1 Å². The fraction of sp³-hybridized carbons (Fsp3) is 0.333. The van der Waals surface area contributed by atoms with Crippen LogP contribution in [0.4, 0.5) is 10.5 Å². The third-order valence-electron chi connectivity index (χ3n) is 6.96. The van der Waals surface area contributed by atoms with E-state index in [0.717, 1.165) is 27.9 Å². The van der Waals surface area contributed by atoms with Crippen LogP contribution >= 0.6 is 0 Å². The quantitative estimate of drug-likeness (QED) is 0.265. The van der Waals surface area contributed by atoms with E-state index in [1.165, 1.54) is 0 Å². The first kappa shape index (κ1) is 30.3. The van der Waals surface area contributed by atoms with Crippen LogP contribution in [0.3, 0.4) is 0 Å². The average molecular weight is 570 g/mol. The lowest BCUT2D eigenvalue weighted by molar-refractivity contribution is -0.118. The van der Waals surface area contributed by atoms with Crippen LogP contribution < -0.4 is 16.2 Å². The highest BCUT2D eigenvalue weighted by Gasteiger charge is 2.30. The molecule has 2 aromatic carbocycles. The predicted molar refractivity (Wildman–Crippen MR) is 165 cm³/mol. The number of rotatable bonds is 8. The zero-order valence-corrected chi connectivity index (χ0v) is 25.2. The summed E-state index contributed by atoms with van der Waals surface area (Å²) in [4.78, 5) is 43.0. The van der Waals surface area contributed by atoms with Crippen molar-refractivity contribution in [3.05, 3.63) is 95.3 Å². The largest absolute Gasteiger partial charge is 0.444 e. The molecular formula is C33H39N5O4. The first-order chi connectivity index (χ1) is 19.8. The van der Waals surface area contributed by atoms with Crippen molar-refractivity contribution in [1.82, 2.24) is 19.4 Å². The van der Waals surface area contributed by atoms with Gasteiger partial charge in [0.15, 0.2) is 0 Å². The number of aryl methyl sites for hydroxylation is 1. The minimum Gasteiger partial charge on any atom is -0.444 e. The second kappa shape index (κ2) is 12.5. The lowest BCUT2D eigenvalue weighted by Gasteiger charge is -2.27. The summed E-state index contributed by atoms with van der Waals surface area (Å²) in [6, 6.07) is 17.7. The first-order valence-electron chi connectivity index (χ1n) is 14.0. The standard InChI is InChI=1S/C33H39N5O4/c1-21(2)38-19-26(13-16-29(38)39)25-10-8-9-24(17-25)22(3)30(36-32(41)42-33(4,5)6)31(40)35-27-14-11-23(12-15-27)28-18-34-20-37(28)7/h8-22,30H,1-7H3,(H,35,40)(H,36,41)/t22?,30-/m0/s1. The summed E-state index contributed by atoms with van der Waals surface area (Å²) in [5, 5.41) is 5.74. The van der Waals surface area contributed by atoms with Crippen LogP contribution in [0.5, 0.6) is 0 Å². The van der Waals surface area contributed by atoms with E-state index in [-0.39, 0.29) is 17.5 Å². The van der Waals surface area contributed by atoms with Gasteiger partial charge in [-0.1, -0.05) is 43.3 Å². The lowest BCUT2D eigenvalue weighted by Crippen LogP contribution is -2.48. The Kier molecular flexibility index (Phi) is 8.99. The molecule has 2 aromatic heterocycles. The van der Waals surface area contributed by atoms with Crippen LogP contribution in [0, 0.1) is 0 Å². The second-order valence-electron chi connectivity index (χ2n) is 11.8. The van der Waals surface area contributed by atoms with Crippen LogP contribution in [0.1, 0.15) is 59.1 Å². The van der Waals surface area contributed by atoms with Crippen LogP contribution in [0.25, 0.3) is 22.4 Å². The van der Waals surface area contributed by atoms with Crippen LogP contribution in [-0.4, -0.2) is 37.8 Å². The van der Waals surface area contributed by atoms with E-state index < -0.39 is 23.7 Å². The maximum absolute atomic E-state index is 13.7. The molecule has 0 aliphatic carbocycles. The van der Waals surface area contributed by atoms with Gasteiger partial charge in [0.2, 0.25) is 5.91 Å². The van der Waals surface area contributed by atoms with Crippen LogP contribution in [0.2, 0.25) is 0 Å². The molecule has 220 valence electrons. The summed E-state index contributed by atoms with van der Waals surface area (Å²) in [7, 11) is 1.92. The molecule has 4 rings (SSSR count). The number of alkyl carbamates (subject to hydrolysis) is 1. The molecule has 0 saturated heterocycles. The molecule has 2 atom stereocenters. The van der Waals surface area contributed by atoms with Crippen molar-refractivity contribution in [1.29, 1.82) is 0 Å². The number of carbonyl (C=O) groups excluding carboxylic acids is 2. The normalized spacial score (nSPS) is 13.0. The molecule has 0 spiro atoms. The number of nitrogens with one attached hydrogen (secondary N) is 2. The maximum atomic E-state index is 13.7. The van der Waals surface area contributed by atoms with Gasteiger partial charge in [0, 0.05) is 37.0 Å². The Morgan fingerprint density at radius 3 is 2.24 bits per heavy atom. The fourth-order valence-corrected chi connectivity index (χ4v) is 4.70. The number of pyridine rings is 1. The average Bonchev–Trinajstić information content (AvgIpc) is 3.36. The number of nitrogens with zero attached hydrogens (tertiary/aromatic N) is 3. The van der Waals surface area contributed by atoms with Crippen molar-refractivity contribution in [2.45, 2.75) is 65.1 Å². The number of aromatic nitrogens is 3. The van der Waals surface area contributed by atoms with Gasteiger partial charge in [-0.3, -0.25) is 9.59 Å². The molecule has 0 aliphatic rings. The van der Waals surface area contributed by atoms with E-state index in [2.05, 4.69) is 15.6 Å². The number of hydrogen-bond acceptors (Lipinski definition) is 5. The highest BCUT2D eigenvalue weighted by Crippen LogP contribution is 2.27. The summed E-state index contributed by atoms with van der Waals surface area (Å²) >= 11 is 0. The van der Waals surface area contributed by atoms with Crippen molar-refractivity contribution in [2.24, 2.45) is 7.05 Å². The van der Waals surface area contributed by atoms with Crippen molar-refractivity contribution in [3.63, 3.8) is 0 Å². The monoisotopic (exact) mass is 569 g/mol. The van der Waals surface area contributed by atoms with Crippen molar-refractivity contribution >= 4 is 17.7 Å². The number of anilines is 1. The van der Waals surface area contributed by atoms with E-state index in [0.29, 0.717) is 5.69 Å². The molecule has 2 amide bonds. The van der Waals surface area contributed by atoms with E-state index in [4.69, 9.17) is 4.74 Å². The van der Waals surface area contributed by atoms with Gasteiger partial charge in [0.1, 0.15) is 11.6 Å². The zero-order chi connectivity index (χ0) is 30.6. The molecule has 0 radical (unpaired) electrons. The minimum absolute atomic E-state index is 0.0175. The van der Waals surface area contributed by atoms with E-state index in [1.54, 1.807) is 50.0 Å². The Bertz CT molecular complexity index is 1610. The number of benzene rings is 2. The highest BCUT2D eigenvalue weighted by molar-refractivity contribution is 5.97. The number of carbonyl (C=O) groups is 2. The number of ether oxygens (including phenoxy) is 1. The van der Waals surface area contributed by atoms with E-state index >= 15 is 0 Å². The van der Waals surface area contributed by atoms with Gasteiger partial charge in [-0.2, -0.15) is 0 Å². The van der Waals surface area contributed by atoms with Gasteiger partial charge >= 0.3 is 6.09 Å². The zero-order valence-electron chi connectivity index (χ0n) is 25.2. The molecular weight excluding hydrogens is 530 g/mol. The molecule has 42 heavy (non-hydrogen) atoms. The van der Waals surface area contributed by atoms with Gasteiger partial charge in [0.05, 0.1) is 18.2 Å². The van der Waals surface area contributed by atoms with Crippen LogP contribution in [0.15, 0.2) is 84.2 Å². The molecule has 2 heterocycles. The molecule has 9 nitrogen and oxygen atoms in total. The van der Waals surface area contributed by atoms with E-state index in [9.17, 15) is 14.4 Å².